The molecule has 6 nitrogen and oxygen atoms in total. The van der Waals surface area contributed by atoms with Crippen LogP contribution in [0.1, 0.15) is 45.1 Å². The standard InChI is InChI=1S/C25H36N4O2/c1-16(2)24(31)19-6-8-21(9-7-19)29-14-20(15-29)28-23(30)13-27-25-22-12-17(3)4-5-18(22)10-11-26-25/h4-5,10-12,16,19-21,24,31H,6-9,13-15H2,1-3H3,(H,26,27)(H,28,30)/t19-,21+,24?. The van der Waals surface area contributed by atoms with E-state index in [1.165, 1.54) is 5.56 Å². The molecule has 4 rings (SSSR count). The number of carbonyl (C=O) groups is 1. The van der Waals surface area contributed by atoms with Crippen molar-refractivity contribution in [2.45, 2.75) is 64.6 Å². The molecule has 1 aliphatic heterocycles. The number of aromatic nitrogens is 1. The largest absolute Gasteiger partial charge is 0.393 e. The zero-order valence-electron chi connectivity index (χ0n) is 19.0. The molecule has 1 saturated heterocycles. The fourth-order valence-corrected chi connectivity index (χ4v) is 5.12. The lowest BCUT2D eigenvalue weighted by Gasteiger charge is -2.47. The van der Waals surface area contributed by atoms with Gasteiger partial charge in [0, 0.05) is 30.7 Å². The number of hydrogen-bond donors (Lipinski definition) is 3. The van der Waals surface area contributed by atoms with Gasteiger partial charge in [0.05, 0.1) is 18.7 Å². The Kier molecular flexibility index (Phi) is 6.77. The number of hydrogen-bond acceptors (Lipinski definition) is 5. The number of rotatable bonds is 7. The molecule has 2 aliphatic rings. The van der Waals surface area contributed by atoms with Crippen molar-refractivity contribution in [3.05, 3.63) is 36.0 Å². The highest BCUT2D eigenvalue weighted by Gasteiger charge is 2.36. The van der Waals surface area contributed by atoms with Gasteiger partial charge in [-0.15, -0.1) is 0 Å². The number of pyridine rings is 1. The fraction of sp³-hybridized carbons (Fsp3) is 0.600. The molecule has 3 N–H and O–H groups in total. The summed E-state index contributed by atoms with van der Waals surface area (Å²) >= 11 is 0. The molecule has 1 saturated carbocycles. The lowest BCUT2D eigenvalue weighted by atomic mass is 9.78. The number of aliphatic hydroxyl groups is 1. The van der Waals surface area contributed by atoms with Crippen LogP contribution in [-0.2, 0) is 4.79 Å². The Hall–Kier alpha value is -2.18. The lowest BCUT2D eigenvalue weighted by molar-refractivity contribution is -0.121. The van der Waals surface area contributed by atoms with Gasteiger partial charge >= 0.3 is 0 Å². The molecular formula is C25H36N4O2. The number of nitrogens with one attached hydrogen (secondary N) is 2. The van der Waals surface area contributed by atoms with Crippen molar-refractivity contribution in [2.24, 2.45) is 11.8 Å². The molecule has 0 radical (unpaired) electrons. The number of likely N-dealkylation sites (tertiary alicyclic amines) is 1. The van der Waals surface area contributed by atoms with Crippen LogP contribution in [0.25, 0.3) is 10.8 Å². The van der Waals surface area contributed by atoms with Gasteiger partial charge in [-0.05, 0) is 62.0 Å². The van der Waals surface area contributed by atoms with E-state index in [9.17, 15) is 9.90 Å². The van der Waals surface area contributed by atoms with E-state index in [0.29, 0.717) is 17.9 Å². The summed E-state index contributed by atoms with van der Waals surface area (Å²) in [5.74, 6) is 1.56. The van der Waals surface area contributed by atoms with Gasteiger partial charge in [-0.2, -0.15) is 0 Å². The Morgan fingerprint density at radius 3 is 2.65 bits per heavy atom. The summed E-state index contributed by atoms with van der Waals surface area (Å²) in [5.41, 5.74) is 1.18. The van der Waals surface area contributed by atoms with E-state index in [0.717, 1.165) is 55.4 Å². The second kappa shape index (κ2) is 9.53. The molecule has 168 valence electrons. The maximum absolute atomic E-state index is 12.4. The Morgan fingerprint density at radius 1 is 1.19 bits per heavy atom. The zero-order valence-corrected chi connectivity index (χ0v) is 19.0. The van der Waals surface area contributed by atoms with Gasteiger partial charge in [-0.3, -0.25) is 9.69 Å². The van der Waals surface area contributed by atoms with Crippen molar-refractivity contribution in [1.82, 2.24) is 15.2 Å². The van der Waals surface area contributed by atoms with E-state index in [2.05, 4.69) is 59.5 Å². The van der Waals surface area contributed by atoms with Crippen LogP contribution >= 0.6 is 0 Å². The first-order chi connectivity index (χ1) is 14.9. The maximum atomic E-state index is 12.4. The molecule has 1 aliphatic carbocycles. The van der Waals surface area contributed by atoms with Crippen LogP contribution in [0.2, 0.25) is 0 Å². The Balaban J connectivity index is 1.20. The average Bonchev–Trinajstić information content (AvgIpc) is 2.74. The van der Waals surface area contributed by atoms with Crippen molar-refractivity contribution in [3.8, 4) is 0 Å². The quantitative estimate of drug-likeness (QED) is 0.636. The van der Waals surface area contributed by atoms with Gasteiger partial charge in [0.1, 0.15) is 5.82 Å². The first kappa shape index (κ1) is 22.0. The highest BCUT2D eigenvalue weighted by molar-refractivity contribution is 5.93. The van der Waals surface area contributed by atoms with Crippen LogP contribution in [0.5, 0.6) is 0 Å². The van der Waals surface area contributed by atoms with Crippen molar-refractivity contribution < 1.29 is 9.90 Å². The van der Waals surface area contributed by atoms with Crippen LogP contribution in [0.4, 0.5) is 5.82 Å². The molecule has 2 fully saturated rings. The molecule has 0 bridgehead atoms. The van der Waals surface area contributed by atoms with Crippen LogP contribution in [0.3, 0.4) is 0 Å². The summed E-state index contributed by atoms with van der Waals surface area (Å²) < 4.78 is 0. The fourth-order valence-electron chi connectivity index (χ4n) is 5.12. The third-order valence-corrected chi connectivity index (χ3v) is 7.04. The van der Waals surface area contributed by atoms with E-state index >= 15 is 0 Å². The predicted octanol–water partition coefficient (Wildman–Crippen LogP) is 3.33. The summed E-state index contributed by atoms with van der Waals surface area (Å²) in [4.78, 5) is 19.3. The van der Waals surface area contributed by atoms with Crippen LogP contribution in [-0.4, -0.2) is 58.7 Å². The SMILES string of the molecule is Cc1ccc2ccnc(NCC(=O)NC3CN([C@H]4CC[C@@H](C(O)C(C)C)CC4)C3)c2c1. The van der Waals surface area contributed by atoms with E-state index < -0.39 is 0 Å². The van der Waals surface area contributed by atoms with Gasteiger partial charge in [0.25, 0.3) is 0 Å². The smallest absolute Gasteiger partial charge is 0.239 e. The number of anilines is 1. The van der Waals surface area contributed by atoms with Gasteiger partial charge in [-0.1, -0.05) is 31.5 Å². The normalized spacial score (nSPS) is 23.5. The van der Waals surface area contributed by atoms with Gasteiger partial charge in [-0.25, -0.2) is 4.98 Å². The van der Waals surface area contributed by atoms with Crippen molar-refractivity contribution >= 4 is 22.5 Å². The summed E-state index contributed by atoms with van der Waals surface area (Å²) in [7, 11) is 0. The monoisotopic (exact) mass is 424 g/mol. The first-order valence-electron chi connectivity index (χ1n) is 11.7. The molecule has 1 aromatic carbocycles. The van der Waals surface area contributed by atoms with Crippen LogP contribution in [0.15, 0.2) is 30.5 Å². The Bertz CT molecular complexity index is 902. The maximum Gasteiger partial charge on any atom is 0.239 e. The highest BCUT2D eigenvalue weighted by Crippen LogP contribution is 2.33. The minimum absolute atomic E-state index is 0.0138. The predicted molar refractivity (Wildman–Crippen MR) is 125 cm³/mol. The molecule has 2 aromatic rings. The minimum atomic E-state index is -0.169. The first-order valence-corrected chi connectivity index (χ1v) is 11.7. The molecule has 0 spiro atoms. The number of aryl methyl sites for hydroxylation is 1. The average molecular weight is 425 g/mol. The number of amides is 1. The molecular weight excluding hydrogens is 388 g/mol. The summed E-state index contributed by atoms with van der Waals surface area (Å²) in [6, 6.07) is 9.08. The third-order valence-electron chi connectivity index (χ3n) is 7.04. The zero-order chi connectivity index (χ0) is 22.0. The second-order valence-corrected chi connectivity index (χ2v) is 9.76. The van der Waals surface area contributed by atoms with E-state index in [1.54, 1.807) is 6.20 Å². The molecule has 1 atom stereocenters. The number of nitrogens with zero attached hydrogens (tertiary/aromatic N) is 2. The molecule has 1 unspecified atom stereocenters. The Labute approximate surface area is 185 Å². The van der Waals surface area contributed by atoms with Gasteiger partial charge in [0.2, 0.25) is 5.91 Å². The summed E-state index contributed by atoms with van der Waals surface area (Å²) in [6.45, 7) is 8.36. The number of carbonyl (C=O) groups excluding carboxylic acids is 1. The Morgan fingerprint density at radius 2 is 1.94 bits per heavy atom. The number of fused-ring (bicyclic) bond motifs is 1. The van der Waals surface area contributed by atoms with E-state index in [-0.39, 0.29) is 24.6 Å². The molecule has 1 amide bonds. The topological polar surface area (TPSA) is 77.5 Å². The molecule has 2 heterocycles. The molecule has 31 heavy (non-hydrogen) atoms. The number of benzene rings is 1. The van der Waals surface area contributed by atoms with Gasteiger partial charge < -0.3 is 15.7 Å². The highest BCUT2D eigenvalue weighted by atomic mass is 16.3. The van der Waals surface area contributed by atoms with Crippen LogP contribution < -0.4 is 10.6 Å². The molecule has 6 heteroatoms. The van der Waals surface area contributed by atoms with Crippen molar-refractivity contribution in [2.75, 3.05) is 25.0 Å². The molecule has 1 aromatic heterocycles. The summed E-state index contributed by atoms with van der Waals surface area (Å²) in [6.07, 6.45) is 6.14. The van der Waals surface area contributed by atoms with Gasteiger partial charge in [0.15, 0.2) is 0 Å². The van der Waals surface area contributed by atoms with Crippen molar-refractivity contribution in [1.29, 1.82) is 0 Å². The van der Waals surface area contributed by atoms with Crippen LogP contribution in [0, 0.1) is 18.8 Å². The summed E-state index contributed by atoms with van der Waals surface area (Å²) in [5, 5.41) is 18.8. The van der Waals surface area contributed by atoms with E-state index in [1.807, 2.05) is 6.07 Å². The third kappa shape index (κ3) is 5.18. The lowest BCUT2D eigenvalue weighted by Crippen LogP contribution is -2.63. The number of aliphatic hydroxyl groups excluding tert-OH is 1. The minimum Gasteiger partial charge on any atom is -0.393 e. The van der Waals surface area contributed by atoms with E-state index in [4.69, 9.17) is 0 Å². The second-order valence-electron chi connectivity index (χ2n) is 9.76. The van der Waals surface area contributed by atoms with Crippen molar-refractivity contribution in [3.63, 3.8) is 0 Å².